The second kappa shape index (κ2) is 9.09. The first kappa shape index (κ1) is 20.7. The van der Waals surface area contributed by atoms with Crippen LogP contribution < -0.4 is 10.6 Å². The highest BCUT2D eigenvalue weighted by molar-refractivity contribution is 7.80. The molecule has 0 unspecified atom stereocenters. The molecule has 0 bridgehead atoms. The molecule has 2 heterocycles. The number of rotatable bonds is 6. The van der Waals surface area contributed by atoms with E-state index in [4.69, 9.17) is 12.2 Å². The van der Waals surface area contributed by atoms with Crippen molar-refractivity contribution in [3.8, 4) is 5.69 Å². The molecule has 2 N–H and O–H groups in total. The summed E-state index contributed by atoms with van der Waals surface area (Å²) in [7, 11) is 0. The van der Waals surface area contributed by atoms with E-state index < -0.39 is 0 Å². The monoisotopic (exact) mass is 434 g/mol. The molecule has 0 amide bonds. The zero-order valence-corrected chi connectivity index (χ0v) is 18.2. The number of para-hydroxylation sites is 1. The highest BCUT2D eigenvalue weighted by Crippen LogP contribution is 2.18. The van der Waals surface area contributed by atoms with E-state index in [1.807, 2.05) is 48.1 Å². The Balaban J connectivity index is 1.35. The normalized spacial score (nSPS) is 10.8. The molecule has 4 aromatic rings. The minimum Gasteiger partial charge on any atom is -0.358 e. The van der Waals surface area contributed by atoms with Gasteiger partial charge in [0.15, 0.2) is 5.11 Å². The number of hydrogen-bond acceptors (Lipinski definition) is 3. The lowest BCUT2D eigenvalue weighted by atomic mass is 10.2. The van der Waals surface area contributed by atoms with Crippen LogP contribution in [-0.4, -0.2) is 24.7 Å². The van der Waals surface area contributed by atoms with E-state index in [0.717, 1.165) is 33.9 Å². The van der Waals surface area contributed by atoms with E-state index >= 15 is 0 Å². The molecule has 4 rings (SSSR count). The van der Waals surface area contributed by atoms with Gasteiger partial charge in [0.05, 0.1) is 29.8 Å². The van der Waals surface area contributed by atoms with Crippen LogP contribution in [0.25, 0.3) is 5.69 Å². The predicted molar refractivity (Wildman–Crippen MR) is 124 cm³/mol. The van der Waals surface area contributed by atoms with Crippen molar-refractivity contribution in [3.63, 3.8) is 0 Å². The van der Waals surface area contributed by atoms with Gasteiger partial charge in [0.2, 0.25) is 0 Å². The molecule has 0 spiro atoms. The Morgan fingerprint density at radius 2 is 1.81 bits per heavy atom. The van der Waals surface area contributed by atoms with E-state index in [-0.39, 0.29) is 5.82 Å². The molecular weight excluding hydrogens is 411 g/mol. The summed E-state index contributed by atoms with van der Waals surface area (Å²) in [5.41, 5.74) is 5.93. The maximum absolute atomic E-state index is 13.0. The van der Waals surface area contributed by atoms with Crippen molar-refractivity contribution in [2.45, 2.75) is 26.9 Å². The molecule has 8 heteroatoms. The summed E-state index contributed by atoms with van der Waals surface area (Å²) < 4.78 is 16.8. The van der Waals surface area contributed by atoms with E-state index in [1.54, 1.807) is 23.0 Å². The Morgan fingerprint density at radius 1 is 1.06 bits per heavy atom. The van der Waals surface area contributed by atoms with Crippen LogP contribution in [0.15, 0.2) is 67.0 Å². The average Bonchev–Trinajstić information content (AvgIpc) is 3.32. The van der Waals surface area contributed by atoms with Crippen LogP contribution in [0, 0.1) is 19.7 Å². The Bertz CT molecular complexity index is 1180. The van der Waals surface area contributed by atoms with Gasteiger partial charge in [0, 0.05) is 24.0 Å². The molecule has 0 aliphatic carbocycles. The van der Waals surface area contributed by atoms with Crippen molar-refractivity contribution in [2.75, 3.05) is 5.32 Å². The molecule has 0 radical (unpaired) electrons. The molecule has 0 saturated heterocycles. The lowest BCUT2D eigenvalue weighted by Gasteiger charge is -2.10. The summed E-state index contributed by atoms with van der Waals surface area (Å²) >= 11 is 5.45. The number of aromatic nitrogens is 4. The van der Waals surface area contributed by atoms with Gasteiger partial charge < -0.3 is 10.6 Å². The van der Waals surface area contributed by atoms with Crippen LogP contribution in [0.5, 0.6) is 0 Å². The van der Waals surface area contributed by atoms with Crippen molar-refractivity contribution in [2.24, 2.45) is 0 Å². The van der Waals surface area contributed by atoms with Gasteiger partial charge in [-0.3, -0.25) is 4.68 Å². The van der Waals surface area contributed by atoms with E-state index in [1.165, 1.54) is 12.1 Å². The van der Waals surface area contributed by atoms with Gasteiger partial charge in [-0.25, -0.2) is 9.07 Å². The number of anilines is 1. The maximum atomic E-state index is 13.0. The standard InChI is InChI=1S/C23H23FN6S/c1-16-22(17(2)30(28-16)21-6-4-3-5-7-21)13-25-23(31)27-20-12-26-29(15-20)14-18-8-10-19(24)11-9-18/h3-12,15H,13-14H2,1-2H3,(H2,25,27,31). The third kappa shape index (κ3) is 4.97. The van der Waals surface area contributed by atoms with Crippen molar-refractivity contribution in [1.82, 2.24) is 24.9 Å². The summed E-state index contributed by atoms with van der Waals surface area (Å²) in [6, 6.07) is 16.4. The number of nitrogens with one attached hydrogen (secondary N) is 2. The molecule has 0 aliphatic heterocycles. The highest BCUT2D eigenvalue weighted by atomic mass is 32.1. The van der Waals surface area contributed by atoms with E-state index in [9.17, 15) is 4.39 Å². The molecule has 158 valence electrons. The average molecular weight is 435 g/mol. The number of halogens is 1. The molecule has 0 atom stereocenters. The second-order valence-corrected chi connectivity index (χ2v) is 7.67. The van der Waals surface area contributed by atoms with Crippen LogP contribution >= 0.6 is 12.2 Å². The third-order valence-electron chi connectivity index (χ3n) is 5.02. The zero-order valence-electron chi connectivity index (χ0n) is 17.3. The lowest BCUT2D eigenvalue weighted by molar-refractivity contribution is 0.624. The molecule has 0 fully saturated rings. The van der Waals surface area contributed by atoms with Gasteiger partial charge in [0.25, 0.3) is 0 Å². The van der Waals surface area contributed by atoms with Gasteiger partial charge >= 0.3 is 0 Å². The molecule has 0 saturated carbocycles. The lowest BCUT2D eigenvalue weighted by Crippen LogP contribution is -2.28. The summed E-state index contributed by atoms with van der Waals surface area (Å²) in [6.07, 6.45) is 3.57. The number of nitrogens with zero attached hydrogens (tertiary/aromatic N) is 4. The predicted octanol–water partition coefficient (Wildman–Crippen LogP) is 4.36. The smallest absolute Gasteiger partial charge is 0.171 e. The molecule has 31 heavy (non-hydrogen) atoms. The van der Waals surface area contributed by atoms with Crippen molar-refractivity contribution >= 4 is 23.0 Å². The fraction of sp³-hybridized carbons (Fsp3) is 0.174. The van der Waals surface area contributed by atoms with Crippen molar-refractivity contribution < 1.29 is 4.39 Å². The molecule has 6 nitrogen and oxygen atoms in total. The van der Waals surface area contributed by atoms with Crippen molar-refractivity contribution in [3.05, 3.63) is 95.3 Å². The molecule has 0 aliphatic rings. The minimum atomic E-state index is -0.247. The second-order valence-electron chi connectivity index (χ2n) is 7.26. The number of hydrogen-bond donors (Lipinski definition) is 2. The van der Waals surface area contributed by atoms with Crippen LogP contribution in [0.1, 0.15) is 22.5 Å². The topological polar surface area (TPSA) is 59.7 Å². The number of thiocarbonyl (C=S) groups is 1. The highest BCUT2D eigenvalue weighted by Gasteiger charge is 2.13. The first-order chi connectivity index (χ1) is 15.0. The van der Waals surface area contributed by atoms with Gasteiger partial charge in [-0.05, 0) is 55.9 Å². The van der Waals surface area contributed by atoms with Gasteiger partial charge in [-0.1, -0.05) is 30.3 Å². The van der Waals surface area contributed by atoms with Gasteiger partial charge in [0.1, 0.15) is 5.82 Å². The van der Waals surface area contributed by atoms with Crippen LogP contribution in [0.4, 0.5) is 10.1 Å². The minimum absolute atomic E-state index is 0.247. The maximum Gasteiger partial charge on any atom is 0.171 e. The van der Waals surface area contributed by atoms with E-state index in [0.29, 0.717) is 18.2 Å². The van der Waals surface area contributed by atoms with Gasteiger partial charge in [-0.15, -0.1) is 0 Å². The Hall–Kier alpha value is -3.52. The first-order valence-corrected chi connectivity index (χ1v) is 10.3. The summed E-state index contributed by atoms with van der Waals surface area (Å²) in [6.45, 7) is 5.18. The SMILES string of the molecule is Cc1nn(-c2ccccc2)c(C)c1CNC(=S)Nc1cnn(Cc2ccc(F)cc2)c1. The molecule has 2 aromatic carbocycles. The van der Waals surface area contributed by atoms with Crippen LogP contribution in [0.2, 0.25) is 0 Å². The first-order valence-electron chi connectivity index (χ1n) is 9.92. The summed E-state index contributed by atoms with van der Waals surface area (Å²) in [5, 5.41) is 15.9. The quantitative estimate of drug-likeness (QED) is 0.442. The van der Waals surface area contributed by atoms with Crippen molar-refractivity contribution in [1.29, 1.82) is 0 Å². The largest absolute Gasteiger partial charge is 0.358 e. The third-order valence-corrected chi connectivity index (χ3v) is 5.26. The summed E-state index contributed by atoms with van der Waals surface area (Å²) in [4.78, 5) is 0. The molecular formula is C23H23FN6S. The Kier molecular flexibility index (Phi) is 6.08. The number of benzene rings is 2. The molecule has 2 aromatic heterocycles. The van der Waals surface area contributed by atoms with Crippen LogP contribution in [-0.2, 0) is 13.1 Å². The van der Waals surface area contributed by atoms with Crippen LogP contribution in [0.3, 0.4) is 0 Å². The Labute approximate surface area is 185 Å². The fourth-order valence-electron chi connectivity index (χ4n) is 3.39. The van der Waals surface area contributed by atoms with Gasteiger partial charge in [-0.2, -0.15) is 10.2 Å². The summed E-state index contributed by atoms with van der Waals surface area (Å²) in [5.74, 6) is -0.247. The number of aryl methyl sites for hydroxylation is 1. The van der Waals surface area contributed by atoms with E-state index in [2.05, 4.69) is 27.8 Å². The Morgan fingerprint density at radius 3 is 2.55 bits per heavy atom. The zero-order chi connectivity index (χ0) is 21.8. The fourth-order valence-corrected chi connectivity index (χ4v) is 3.58.